The van der Waals surface area contributed by atoms with Gasteiger partial charge < -0.3 is 10.6 Å². The summed E-state index contributed by atoms with van der Waals surface area (Å²) in [5.74, 6) is 2.60. The largest absolute Gasteiger partial charge is 0.353 e. The fourth-order valence-electron chi connectivity index (χ4n) is 2.92. The maximum atomic E-state index is 5.56. The van der Waals surface area contributed by atoms with E-state index in [9.17, 15) is 0 Å². The van der Waals surface area contributed by atoms with Crippen LogP contribution in [0.5, 0.6) is 0 Å². The van der Waals surface area contributed by atoms with Gasteiger partial charge in [0.2, 0.25) is 0 Å². The molecule has 1 aromatic rings. The Morgan fingerprint density at radius 1 is 1.33 bits per heavy atom. The van der Waals surface area contributed by atoms with Crippen molar-refractivity contribution in [3.05, 3.63) is 23.9 Å². The fraction of sp³-hybridized carbons (Fsp3) is 0.667. The summed E-state index contributed by atoms with van der Waals surface area (Å²) in [5, 5.41) is 0. The lowest BCUT2D eigenvalue weighted by Crippen LogP contribution is -2.46. The molecule has 0 aromatic carbocycles. The Bertz CT molecular complexity index is 374. The van der Waals surface area contributed by atoms with Crippen LogP contribution in [0.2, 0.25) is 0 Å². The van der Waals surface area contributed by atoms with Crippen LogP contribution in [-0.4, -0.2) is 24.1 Å². The van der Waals surface area contributed by atoms with Crippen molar-refractivity contribution in [1.29, 1.82) is 0 Å². The lowest BCUT2D eigenvalue weighted by atomic mass is 9.86. The number of nitrogens with two attached hydrogens (primary N) is 1. The summed E-state index contributed by atoms with van der Waals surface area (Å²) >= 11 is 0. The average molecular weight is 247 g/mol. The van der Waals surface area contributed by atoms with Crippen molar-refractivity contribution in [3.8, 4) is 0 Å². The number of piperidine rings is 1. The van der Waals surface area contributed by atoms with Crippen molar-refractivity contribution in [2.24, 2.45) is 17.6 Å². The summed E-state index contributed by atoms with van der Waals surface area (Å²) in [5.41, 5.74) is 6.79. The van der Waals surface area contributed by atoms with E-state index in [-0.39, 0.29) is 0 Å². The van der Waals surface area contributed by atoms with E-state index in [4.69, 9.17) is 5.73 Å². The van der Waals surface area contributed by atoms with Gasteiger partial charge in [0, 0.05) is 18.8 Å². The zero-order valence-corrected chi connectivity index (χ0v) is 11.8. The molecular weight excluding hydrogens is 222 g/mol. The minimum atomic E-state index is 0.578. The number of hydrogen-bond acceptors (Lipinski definition) is 3. The molecular formula is C15H25N3. The Morgan fingerprint density at radius 2 is 2.11 bits per heavy atom. The average Bonchev–Trinajstić information content (AvgIpc) is 2.35. The molecule has 3 unspecified atom stereocenters. The van der Waals surface area contributed by atoms with Crippen molar-refractivity contribution in [1.82, 2.24) is 4.98 Å². The van der Waals surface area contributed by atoms with E-state index >= 15 is 0 Å². The molecule has 0 saturated carbocycles. The minimum absolute atomic E-state index is 0.578. The zero-order chi connectivity index (χ0) is 13.1. The Labute approximate surface area is 110 Å². The van der Waals surface area contributed by atoms with Crippen LogP contribution in [0.4, 0.5) is 5.82 Å². The number of hydrogen-bond donors (Lipinski definition) is 1. The third kappa shape index (κ3) is 2.83. The minimum Gasteiger partial charge on any atom is -0.353 e. The molecule has 3 nitrogen and oxygen atoms in total. The number of nitrogens with zero attached hydrogens (tertiary/aromatic N) is 2. The second-order valence-corrected chi connectivity index (χ2v) is 5.77. The van der Waals surface area contributed by atoms with E-state index in [1.807, 2.05) is 6.20 Å². The second kappa shape index (κ2) is 5.70. The first kappa shape index (κ1) is 13.3. The van der Waals surface area contributed by atoms with Crippen molar-refractivity contribution in [3.63, 3.8) is 0 Å². The van der Waals surface area contributed by atoms with Gasteiger partial charge in [0.05, 0.1) is 0 Å². The molecule has 1 fully saturated rings. The molecule has 2 rings (SSSR count). The topological polar surface area (TPSA) is 42.1 Å². The maximum absolute atomic E-state index is 5.56. The van der Waals surface area contributed by atoms with Crippen LogP contribution < -0.4 is 10.6 Å². The quantitative estimate of drug-likeness (QED) is 0.892. The van der Waals surface area contributed by atoms with Crippen molar-refractivity contribution < 1.29 is 0 Å². The van der Waals surface area contributed by atoms with Crippen LogP contribution in [0.25, 0.3) is 0 Å². The van der Waals surface area contributed by atoms with Crippen LogP contribution in [0, 0.1) is 11.8 Å². The van der Waals surface area contributed by atoms with E-state index in [1.165, 1.54) is 12.0 Å². The Kier molecular flexibility index (Phi) is 4.23. The van der Waals surface area contributed by atoms with Crippen LogP contribution in [0.1, 0.15) is 32.8 Å². The van der Waals surface area contributed by atoms with Gasteiger partial charge in [-0.25, -0.2) is 4.98 Å². The first-order valence-corrected chi connectivity index (χ1v) is 7.03. The molecule has 3 heteroatoms. The highest BCUT2D eigenvalue weighted by atomic mass is 15.2. The maximum Gasteiger partial charge on any atom is 0.128 e. The summed E-state index contributed by atoms with van der Waals surface area (Å²) in [6.45, 7) is 8.80. The van der Waals surface area contributed by atoms with E-state index in [2.05, 4.69) is 42.8 Å². The van der Waals surface area contributed by atoms with Crippen LogP contribution >= 0.6 is 0 Å². The molecule has 0 bridgehead atoms. The van der Waals surface area contributed by atoms with Gasteiger partial charge in [0.1, 0.15) is 5.82 Å². The van der Waals surface area contributed by atoms with Crippen molar-refractivity contribution in [2.75, 3.05) is 18.0 Å². The van der Waals surface area contributed by atoms with Gasteiger partial charge in [-0.05, 0) is 49.8 Å². The highest BCUT2D eigenvalue weighted by Crippen LogP contribution is 2.30. The van der Waals surface area contributed by atoms with E-state index in [0.29, 0.717) is 12.6 Å². The predicted molar refractivity (Wildman–Crippen MR) is 76.7 cm³/mol. The first-order chi connectivity index (χ1) is 8.61. The van der Waals surface area contributed by atoms with Crippen LogP contribution in [0.15, 0.2) is 18.3 Å². The SMILES string of the molecule is CC1CC(C)C(C)N(c2ccc(CCN)cn2)C1. The van der Waals surface area contributed by atoms with Gasteiger partial charge in [-0.15, -0.1) is 0 Å². The molecule has 0 amide bonds. The normalized spacial score (nSPS) is 28.4. The first-order valence-electron chi connectivity index (χ1n) is 7.03. The molecule has 1 aliphatic rings. The Hall–Kier alpha value is -1.09. The molecule has 18 heavy (non-hydrogen) atoms. The molecule has 0 radical (unpaired) electrons. The third-order valence-corrected chi connectivity index (χ3v) is 4.13. The second-order valence-electron chi connectivity index (χ2n) is 5.77. The van der Waals surface area contributed by atoms with E-state index < -0.39 is 0 Å². The number of anilines is 1. The van der Waals surface area contributed by atoms with Gasteiger partial charge in [-0.3, -0.25) is 0 Å². The fourth-order valence-corrected chi connectivity index (χ4v) is 2.92. The smallest absolute Gasteiger partial charge is 0.128 e. The van der Waals surface area contributed by atoms with E-state index in [0.717, 1.165) is 30.6 Å². The summed E-state index contributed by atoms with van der Waals surface area (Å²) < 4.78 is 0. The highest BCUT2D eigenvalue weighted by Gasteiger charge is 2.29. The van der Waals surface area contributed by atoms with Gasteiger partial charge in [0.25, 0.3) is 0 Å². The zero-order valence-electron chi connectivity index (χ0n) is 11.8. The molecule has 100 valence electrons. The summed E-state index contributed by atoms with van der Waals surface area (Å²) in [6, 6.07) is 4.88. The van der Waals surface area contributed by atoms with E-state index in [1.54, 1.807) is 0 Å². The molecule has 1 aromatic heterocycles. The number of rotatable bonds is 3. The van der Waals surface area contributed by atoms with Crippen molar-refractivity contribution in [2.45, 2.75) is 39.7 Å². The van der Waals surface area contributed by atoms with Gasteiger partial charge in [-0.1, -0.05) is 19.9 Å². The third-order valence-electron chi connectivity index (χ3n) is 4.13. The highest BCUT2D eigenvalue weighted by molar-refractivity contribution is 5.41. The van der Waals surface area contributed by atoms with Gasteiger partial charge in [0.15, 0.2) is 0 Å². The lowest BCUT2D eigenvalue weighted by molar-refractivity contribution is 0.295. The molecule has 0 spiro atoms. The molecule has 1 saturated heterocycles. The standard InChI is InChI=1S/C15H25N3/c1-11-8-12(2)13(3)18(10-11)15-5-4-14(6-7-16)9-17-15/h4-5,9,11-13H,6-8,10,16H2,1-3H3. The number of pyridine rings is 1. The van der Waals surface area contributed by atoms with Crippen LogP contribution in [-0.2, 0) is 6.42 Å². The summed E-state index contributed by atoms with van der Waals surface area (Å²) in [6.07, 6.45) is 4.21. The predicted octanol–water partition coefficient (Wildman–Crippen LogP) is 2.45. The van der Waals surface area contributed by atoms with Crippen molar-refractivity contribution >= 4 is 5.82 Å². The Balaban J connectivity index is 2.14. The molecule has 2 N–H and O–H groups in total. The monoisotopic (exact) mass is 247 g/mol. The molecule has 3 atom stereocenters. The van der Waals surface area contributed by atoms with Gasteiger partial charge in [-0.2, -0.15) is 0 Å². The summed E-state index contributed by atoms with van der Waals surface area (Å²) in [4.78, 5) is 7.06. The Morgan fingerprint density at radius 3 is 2.72 bits per heavy atom. The molecule has 2 heterocycles. The number of aromatic nitrogens is 1. The molecule has 1 aliphatic heterocycles. The summed E-state index contributed by atoms with van der Waals surface area (Å²) in [7, 11) is 0. The van der Waals surface area contributed by atoms with Crippen LogP contribution in [0.3, 0.4) is 0 Å². The molecule has 0 aliphatic carbocycles. The van der Waals surface area contributed by atoms with Gasteiger partial charge >= 0.3 is 0 Å². The lowest BCUT2D eigenvalue weighted by Gasteiger charge is -2.41.